The average Bonchev–Trinajstić information content (AvgIpc) is 2.11. The zero-order chi connectivity index (χ0) is 57.1. The monoisotopic (exact) mass is 1100 g/mol. The van der Waals surface area contributed by atoms with Crippen LogP contribution in [0.25, 0.3) is 87.6 Å². The Kier molecular flexibility index (Phi) is 13.7. The SMILES string of the molecule is CCc1cccc(N(c2cccc(-c3cccc(-c4ccccc4C)c3)c2O)c2cc(C3CCCCC3)c3ccc4c(N(c5cccc(CC)c5)c5cccc6c5oc5c(-c7ccccc7)cccc56)cc(C5CCCCC5)c5ccc2c3c54)c1. The minimum absolute atomic E-state index is 0.263. The molecule has 13 aromatic rings. The van der Waals surface area contributed by atoms with Gasteiger partial charge in [0.1, 0.15) is 11.3 Å². The Morgan fingerprint density at radius 3 is 1.46 bits per heavy atom. The number of aromatic hydroxyl groups is 1. The molecule has 0 saturated heterocycles. The molecule has 15 rings (SSSR count). The quantitative estimate of drug-likeness (QED) is 0.117. The van der Waals surface area contributed by atoms with Crippen LogP contribution in [0.5, 0.6) is 5.75 Å². The van der Waals surface area contributed by atoms with E-state index in [2.05, 4.69) is 249 Å². The third kappa shape index (κ3) is 9.20. The van der Waals surface area contributed by atoms with E-state index in [1.807, 2.05) is 0 Å². The summed E-state index contributed by atoms with van der Waals surface area (Å²) in [5, 5.41) is 23.2. The van der Waals surface area contributed by atoms with Crippen molar-refractivity contribution in [3.63, 3.8) is 0 Å². The van der Waals surface area contributed by atoms with Gasteiger partial charge in [-0.05, 0) is 183 Å². The van der Waals surface area contributed by atoms with E-state index in [0.29, 0.717) is 11.8 Å². The highest BCUT2D eigenvalue weighted by atomic mass is 16.3. The molecule has 1 heterocycles. The van der Waals surface area contributed by atoms with Gasteiger partial charge in [-0.25, -0.2) is 0 Å². The highest BCUT2D eigenvalue weighted by molar-refractivity contribution is 6.30. The Morgan fingerprint density at radius 1 is 0.376 bits per heavy atom. The molecule has 4 heteroatoms. The van der Waals surface area contributed by atoms with Crippen molar-refractivity contribution in [2.24, 2.45) is 0 Å². The number of phenolic OH excluding ortho intramolecular Hbond substituents is 1. The van der Waals surface area contributed by atoms with Gasteiger partial charge in [-0.15, -0.1) is 0 Å². The third-order valence-electron chi connectivity index (χ3n) is 19.4. The number of fused-ring (bicyclic) bond motifs is 3. The number of nitrogens with zero attached hydrogens (tertiary/aromatic N) is 2. The molecule has 1 N–H and O–H groups in total. The van der Waals surface area contributed by atoms with Crippen molar-refractivity contribution in [2.45, 2.75) is 110 Å². The van der Waals surface area contributed by atoms with Gasteiger partial charge in [-0.2, -0.15) is 0 Å². The number of rotatable bonds is 13. The Bertz CT molecular complexity index is 4630. The highest BCUT2D eigenvalue weighted by Gasteiger charge is 2.31. The first-order chi connectivity index (χ1) is 41.9. The average molecular weight is 1110 g/mol. The van der Waals surface area contributed by atoms with Crippen LogP contribution in [0.4, 0.5) is 34.1 Å². The largest absolute Gasteiger partial charge is 0.505 e. The molecular weight excluding hydrogens is 1030 g/mol. The Labute approximate surface area is 500 Å². The van der Waals surface area contributed by atoms with Crippen molar-refractivity contribution in [1.82, 2.24) is 0 Å². The fourth-order valence-electron chi connectivity index (χ4n) is 15.1. The minimum Gasteiger partial charge on any atom is -0.505 e. The van der Waals surface area contributed by atoms with Crippen molar-refractivity contribution in [3.8, 4) is 39.1 Å². The first-order valence-electron chi connectivity index (χ1n) is 31.5. The van der Waals surface area contributed by atoms with E-state index < -0.39 is 0 Å². The van der Waals surface area contributed by atoms with Crippen molar-refractivity contribution in [1.29, 1.82) is 0 Å². The van der Waals surface area contributed by atoms with Gasteiger partial charge >= 0.3 is 0 Å². The van der Waals surface area contributed by atoms with Crippen LogP contribution < -0.4 is 9.80 Å². The molecular formula is C81H72N2O2. The number of aryl methyl sites for hydroxylation is 3. The van der Waals surface area contributed by atoms with Gasteiger partial charge in [0.05, 0.1) is 22.7 Å². The summed E-state index contributed by atoms with van der Waals surface area (Å²) in [6.07, 6.45) is 13.9. The predicted molar refractivity (Wildman–Crippen MR) is 360 cm³/mol. The summed E-state index contributed by atoms with van der Waals surface area (Å²) >= 11 is 0. The summed E-state index contributed by atoms with van der Waals surface area (Å²) in [7, 11) is 0. The zero-order valence-corrected chi connectivity index (χ0v) is 49.2. The number of benzene rings is 12. The molecule has 1 aromatic heterocycles. The predicted octanol–water partition coefficient (Wildman–Crippen LogP) is 23.7. The molecule has 85 heavy (non-hydrogen) atoms. The van der Waals surface area contributed by atoms with E-state index in [9.17, 15) is 5.11 Å². The van der Waals surface area contributed by atoms with Crippen LogP contribution in [0.15, 0.2) is 223 Å². The fourth-order valence-corrected chi connectivity index (χ4v) is 15.1. The van der Waals surface area contributed by atoms with Crippen LogP contribution in [-0.4, -0.2) is 5.11 Å². The second-order valence-corrected chi connectivity index (χ2v) is 24.3. The molecule has 418 valence electrons. The topological polar surface area (TPSA) is 39.9 Å². The lowest BCUT2D eigenvalue weighted by Gasteiger charge is -2.33. The summed E-state index contributed by atoms with van der Waals surface area (Å²) < 4.78 is 7.36. The number of anilines is 6. The summed E-state index contributed by atoms with van der Waals surface area (Å²) in [5.74, 6) is 1.06. The molecule has 0 radical (unpaired) electrons. The van der Waals surface area contributed by atoms with Gasteiger partial charge in [0, 0.05) is 44.0 Å². The second-order valence-electron chi connectivity index (χ2n) is 24.3. The molecule has 0 unspecified atom stereocenters. The van der Waals surface area contributed by atoms with Crippen molar-refractivity contribution in [2.75, 3.05) is 9.80 Å². The number of hydrogen-bond donors (Lipinski definition) is 1. The van der Waals surface area contributed by atoms with Gasteiger partial charge in [0.15, 0.2) is 5.58 Å². The summed E-state index contributed by atoms with van der Waals surface area (Å²) in [5.41, 5.74) is 20.9. The molecule has 2 aliphatic rings. The lowest BCUT2D eigenvalue weighted by molar-refractivity contribution is 0.445. The van der Waals surface area contributed by atoms with E-state index in [0.717, 1.165) is 104 Å². The van der Waals surface area contributed by atoms with Gasteiger partial charge in [-0.3, -0.25) is 0 Å². The number of phenols is 1. The Morgan fingerprint density at radius 2 is 0.847 bits per heavy atom. The van der Waals surface area contributed by atoms with Crippen LogP contribution >= 0.6 is 0 Å². The summed E-state index contributed by atoms with van der Waals surface area (Å²) in [6, 6.07) is 80.8. The van der Waals surface area contributed by atoms with Gasteiger partial charge in [0.25, 0.3) is 0 Å². The molecule has 2 aliphatic carbocycles. The molecule has 0 bridgehead atoms. The maximum absolute atomic E-state index is 13.2. The maximum Gasteiger partial charge on any atom is 0.159 e. The molecule has 4 nitrogen and oxygen atoms in total. The standard InChI is InChI=1S/C81H72N2O2/c1-4-53-24-17-34-60(47-53)82(73-41-21-37-63(79(73)84)59-33-19-32-58(49-59)62-36-16-15-23-52(62)3)75-50-71(56-28-11-7-12-29-56)65-44-46-70-76(51-72(57-30-13-8-14-31-57)66-43-45-69(75)77(65)78(66)70)83(61-35-18-25-54(5-2)48-61)74-42-22-40-68-67-39-20-38-64(80(67)85-81(68)74)55-26-9-6-10-27-55/h6,9-10,15-27,32-51,56-57,84H,4-5,7-8,11-14,28-31H2,1-3H3. The molecule has 2 fully saturated rings. The van der Waals surface area contributed by atoms with Crippen LogP contribution in [-0.2, 0) is 12.8 Å². The minimum atomic E-state index is 0.263. The second kappa shape index (κ2) is 22.1. The Hall–Kier alpha value is -9.12. The number of furan rings is 1. The first-order valence-corrected chi connectivity index (χ1v) is 31.5. The molecule has 2 saturated carbocycles. The van der Waals surface area contributed by atoms with E-state index in [1.165, 1.54) is 123 Å². The van der Waals surface area contributed by atoms with E-state index in [-0.39, 0.29) is 5.75 Å². The molecule has 0 aliphatic heterocycles. The number of para-hydroxylation sites is 3. The van der Waals surface area contributed by atoms with E-state index in [4.69, 9.17) is 4.42 Å². The number of hydrogen-bond acceptors (Lipinski definition) is 4. The van der Waals surface area contributed by atoms with Crippen LogP contribution in [0.1, 0.15) is 118 Å². The van der Waals surface area contributed by atoms with E-state index in [1.54, 1.807) is 0 Å². The van der Waals surface area contributed by atoms with Gasteiger partial charge in [0.2, 0.25) is 0 Å². The molecule has 12 aromatic carbocycles. The molecule has 0 spiro atoms. The highest BCUT2D eigenvalue weighted by Crippen LogP contribution is 2.55. The summed E-state index contributed by atoms with van der Waals surface area (Å²) in [4.78, 5) is 4.95. The summed E-state index contributed by atoms with van der Waals surface area (Å²) in [6.45, 7) is 6.67. The van der Waals surface area contributed by atoms with Crippen LogP contribution in [0.2, 0.25) is 0 Å². The van der Waals surface area contributed by atoms with Gasteiger partial charge in [-0.1, -0.05) is 216 Å². The lowest BCUT2D eigenvalue weighted by atomic mass is 9.77. The lowest BCUT2D eigenvalue weighted by Crippen LogP contribution is -2.15. The van der Waals surface area contributed by atoms with Crippen LogP contribution in [0, 0.1) is 6.92 Å². The Balaban J connectivity index is 1.03. The molecule has 0 atom stereocenters. The fraction of sp³-hybridized carbons (Fsp3) is 0.210. The van der Waals surface area contributed by atoms with E-state index >= 15 is 0 Å². The zero-order valence-electron chi connectivity index (χ0n) is 49.2. The van der Waals surface area contributed by atoms with Crippen molar-refractivity contribution >= 4 is 88.4 Å². The van der Waals surface area contributed by atoms with Crippen LogP contribution in [0.3, 0.4) is 0 Å². The van der Waals surface area contributed by atoms with Gasteiger partial charge < -0.3 is 19.3 Å². The normalized spacial score (nSPS) is 14.3. The first kappa shape index (κ1) is 52.7. The smallest absolute Gasteiger partial charge is 0.159 e. The van der Waals surface area contributed by atoms with Crippen molar-refractivity contribution in [3.05, 3.63) is 246 Å². The maximum atomic E-state index is 13.2. The van der Waals surface area contributed by atoms with Crippen molar-refractivity contribution < 1.29 is 9.52 Å². The molecule has 0 amide bonds. The third-order valence-corrected chi connectivity index (χ3v) is 19.4.